The molecule has 0 bridgehead atoms. The van der Waals surface area contributed by atoms with E-state index >= 15 is 0 Å². The molecule has 18 heavy (non-hydrogen) atoms. The predicted molar refractivity (Wildman–Crippen MR) is 64.9 cm³/mol. The van der Waals surface area contributed by atoms with Crippen molar-refractivity contribution in [3.63, 3.8) is 0 Å². The Labute approximate surface area is 113 Å². The molecule has 0 radical (unpaired) electrons. The van der Waals surface area contributed by atoms with Crippen LogP contribution in [0, 0.1) is 5.82 Å². The van der Waals surface area contributed by atoms with Gasteiger partial charge in [0.1, 0.15) is 5.82 Å². The standard InChI is InChI=1S/C11H11Cl2F2NO2/c1-2-18-11(17)9(15)10(16)7-5(12)3-4-6(13)8(7)14/h3-4,9-10H,2,16H2,1H3/t9?,10-/m0/s1. The summed E-state index contributed by atoms with van der Waals surface area (Å²) in [4.78, 5) is 11.2. The number of nitrogens with two attached hydrogens (primary N) is 1. The first kappa shape index (κ1) is 15.1. The number of esters is 1. The van der Waals surface area contributed by atoms with Crippen molar-refractivity contribution in [2.75, 3.05) is 6.61 Å². The molecule has 1 unspecified atom stereocenters. The van der Waals surface area contributed by atoms with Gasteiger partial charge in [-0.3, -0.25) is 0 Å². The van der Waals surface area contributed by atoms with Gasteiger partial charge in [0.2, 0.25) is 6.17 Å². The highest BCUT2D eigenvalue weighted by molar-refractivity contribution is 6.33. The fraction of sp³-hybridized carbons (Fsp3) is 0.364. The predicted octanol–water partition coefficient (Wildman–Crippen LogP) is 3.03. The van der Waals surface area contributed by atoms with Gasteiger partial charge in [0.05, 0.1) is 17.7 Å². The summed E-state index contributed by atoms with van der Waals surface area (Å²) in [6.45, 7) is 1.51. The number of carbonyl (C=O) groups excluding carboxylic acids is 1. The third-order valence-electron chi connectivity index (χ3n) is 2.24. The van der Waals surface area contributed by atoms with Gasteiger partial charge in [0.25, 0.3) is 0 Å². The Morgan fingerprint density at radius 3 is 2.56 bits per heavy atom. The second-order valence-electron chi connectivity index (χ2n) is 3.44. The number of hydrogen-bond acceptors (Lipinski definition) is 3. The lowest BCUT2D eigenvalue weighted by molar-refractivity contribution is -0.149. The largest absolute Gasteiger partial charge is 0.464 e. The maximum atomic E-state index is 13.7. The average molecular weight is 298 g/mol. The number of rotatable bonds is 4. The molecule has 1 rings (SSSR count). The minimum Gasteiger partial charge on any atom is -0.464 e. The summed E-state index contributed by atoms with van der Waals surface area (Å²) < 4.78 is 31.9. The Hall–Kier alpha value is -0.910. The minimum absolute atomic E-state index is 0.00225. The molecule has 0 aliphatic rings. The first-order chi connectivity index (χ1) is 8.40. The molecule has 0 saturated heterocycles. The summed E-state index contributed by atoms with van der Waals surface area (Å²) in [5.74, 6) is -2.11. The maximum Gasteiger partial charge on any atom is 0.342 e. The van der Waals surface area contributed by atoms with E-state index in [2.05, 4.69) is 4.74 Å². The molecule has 0 aliphatic carbocycles. The van der Waals surface area contributed by atoms with Crippen LogP contribution >= 0.6 is 23.2 Å². The molecule has 1 aromatic rings. The Bertz CT molecular complexity index is 457. The summed E-state index contributed by atoms with van der Waals surface area (Å²) in [6, 6.07) is 0.919. The van der Waals surface area contributed by atoms with Crippen LogP contribution in [0.3, 0.4) is 0 Å². The molecule has 7 heteroatoms. The van der Waals surface area contributed by atoms with Crippen LogP contribution in [0.15, 0.2) is 12.1 Å². The van der Waals surface area contributed by atoms with Crippen LogP contribution in [0.4, 0.5) is 8.78 Å². The van der Waals surface area contributed by atoms with Crippen LogP contribution in [-0.2, 0) is 9.53 Å². The maximum absolute atomic E-state index is 13.7. The van der Waals surface area contributed by atoms with E-state index in [0.717, 1.165) is 0 Å². The molecule has 3 nitrogen and oxygen atoms in total. The Balaban J connectivity index is 3.07. The highest BCUT2D eigenvalue weighted by Gasteiger charge is 2.31. The van der Waals surface area contributed by atoms with Gasteiger partial charge in [-0.2, -0.15) is 0 Å². The smallest absolute Gasteiger partial charge is 0.342 e. The molecule has 1 aromatic carbocycles. The zero-order chi connectivity index (χ0) is 13.9. The fourth-order valence-electron chi connectivity index (χ4n) is 1.36. The molecule has 0 spiro atoms. The van der Waals surface area contributed by atoms with Gasteiger partial charge < -0.3 is 10.5 Å². The third kappa shape index (κ3) is 3.10. The third-order valence-corrected chi connectivity index (χ3v) is 2.86. The fourth-order valence-corrected chi connectivity index (χ4v) is 1.80. The van der Waals surface area contributed by atoms with Crippen molar-refractivity contribution >= 4 is 29.2 Å². The molecule has 0 saturated carbocycles. The van der Waals surface area contributed by atoms with Crippen LogP contribution in [0.2, 0.25) is 10.0 Å². The van der Waals surface area contributed by atoms with Crippen molar-refractivity contribution in [3.8, 4) is 0 Å². The van der Waals surface area contributed by atoms with Crippen LogP contribution < -0.4 is 5.73 Å². The van der Waals surface area contributed by atoms with Crippen molar-refractivity contribution < 1.29 is 18.3 Å². The van der Waals surface area contributed by atoms with Crippen LogP contribution in [-0.4, -0.2) is 18.7 Å². The molecule has 100 valence electrons. The van der Waals surface area contributed by atoms with E-state index in [1.807, 2.05) is 0 Å². The molecule has 0 amide bonds. The summed E-state index contributed by atoms with van der Waals surface area (Å²) in [7, 11) is 0. The van der Waals surface area contributed by atoms with E-state index in [4.69, 9.17) is 28.9 Å². The monoisotopic (exact) mass is 297 g/mol. The van der Waals surface area contributed by atoms with Crippen molar-refractivity contribution in [1.29, 1.82) is 0 Å². The topological polar surface area (TPSA) is 52.3 Å². The van der Waals surface area contributed by atoms with Crippen LogP contribution in [0.25, 0.3) is 0 Å². The van der Waals surface area contributed by atoms with E-state index < -0.39 is 24.0 Å². The van der Waals surface area contributed by atoms with Crippen molar-refractivity contribution in [3.05, 3.63) is 33.6 Å². The Kier molecular flexibility index (Phi) is 5.31. The van der Waals surface area contributed by atoms with Gasteiger partial charge in [-0.15, -0.1) is 0 Å². The van der Waals surface area contributed by atoms with Crippen molar-refractivity contribution in [2.45, 2.75) is 19.1 Å². The number of hydrogen-bond donors (Lipinski definition) is 1. The summed E-state index contributed by atoms with van der Waals surface area (Å²) in [5.41, 5.74) is 5.14. The molecule has 0 aromatic heterocycles. The normalized spacial score (nSPS) is 14.1. The van der Waals surface area contributed by atoms with E-state index in [9.17, 15) is 13.6 Å². The van der Waals surface area contributed by atoms with Crippen LogP contribution in [0.1, 0.15) is 18.5 Å². The van der Waals surface area contributed by atoms with Gasteiger partial charge in [-0.05, 0) is 19.1 Å². The molecular formula is C11H11Cl2F2NO2. The lowest BCUT2D eigenvalue weighted by Gasteiger charge is -2.18. The van der Waals surface area contributed by atoms with E-state index in [-0.39, 0.29) is 22.2 Å². The lowest BCUT2D eigenvalue weighted by Crippen LogP contribution is -2.32. The molecule has 2 atom stereocenters. The minimum atomic E-state index is -2.21. The van der Waals surface area contributed by atoms with Crippen molar-refractivity contribution in [2.24, 2.45) is 5.73 Å². The Morgan fingerprint density at radius 2 is 2.00 bits per heavy atom. The second-order valence-corrected chi connectivity index (χ2v) is 4.25. The highest BCUT2D eigenvalue weighted by atomic mass is 35.5. The second kappa shape index (κ2) is 6.31. The van der Waals surface area contributed by atoms with E-state index in [1.54, 1.807) is 0 Å². The Morgan fingerprint density at radius 1 is 1.44 bits per heavy atom. The molecule has 0 aliphatic heterocycles. The van der Waals surface area contributed by atoms with E-state index in [0.29, 0.717) is 0 Å². The SMILES string of the molecule is CCOC(=O)C(F)[C@@H](N)c1c(Cl)ccc(Cl)c1F. The van der Waals surface area contributed by atoms with E-state index in [1.165, 1.54) is 19.1 Å². The van der Waals surface area contributed by atoms with Gasteiger partial charge in [0, 0.05) is 10.6 Å². The molecular weight excluding hydrogens is 287 g/mol. The molecule has 0 fully saturated rings. The number of ether oxygens (including phenoxy) is 1. The number of benzene rings is 1. The van der Waals surface area contributed by atoms with Gasteiger partial charge >= 0.3 is 5.97 Å². The number of alkyl halides is 1. The van der Waals surface area contributed by atoms with Crippen molar-refractivity contribution in [1.82, 2.24) is 0 Å². The zero-order valence-electron chi connectivity index (χ0n) is 9.42. The number of carbonyl (C=O) groups is 1. The first-order valence-corrected chi connectivity index (χ1v) is 5.85. The summed E-state index contributed by atoms with van der Waals surface area (Å²) >= 11 is 11.3. The first-order valence-electron chi connectivity index (χ1n) is 5.09. The van der Waals surface area contributed by atoms with Gasteiger partial charge in [-0.25, -0.2) is 13.6 Å². The number of halogens is 4. The quantitative estimate of drug-likeness (QED) is 0.686. The van der Waals surface area contributed by atoms with Crippen LogP contribution in [0.5, 0.6) is 0 Å². The average Bonchev–Trinajstić information content (AvgIpc) is 2.33. The highest BCUT2D eigenvalue weighted by Crippen LogP contribution is 2.32. The zero-order valence-corrected chi connectivity index (χ0v) is 10.9. The molecule has 2 N–H and O–H groups in total. The van der Waals surface area contributed by atoms with Gasteiger partial charge in [0.15, 0.2) is 0 Å². The summed E-state index contributed by atoms with van der Waals surface area (Å²) in [6.07, 6.45) is -2.21. The lowest BCUT2D eigenvalue weighted by atomic mass is 10.0. The van der Waals surface area contributed by atoms with Gasteiger partial charge in [-0.1, -0.05) is 23.2 Å². The molecule has 0 heterocycles. The summed E-state index contributed by atoms with van der Waals surface area (Å²) in [5, 5.41) is -0.350.